The van der Waals surface area contributed by atoms with Gasteiger partial charge in [0.15, 0.2) is 0 Å². The molecule has 12 heteroatoms. The predicted octanol–water partition coefficient (Wildman–Crippen LogP) is 3.64. The number of esters is 1. The van der Waals surface area contributed by atoms with E-state index in [4.69, 9.17) is 21.1 Å². The first-order valence-corrected chi connectivity index (χ1v) is 16.2. The predicted molar refractivity (Wildman–Crippen MR) is 170 cm³/mol. The summed E-state index contributed by atoms with van der Waals surface area (Å²) in [4.78, 5) is 57.5. The Hall–Kier alpha value is -2.73. The Balaban J connectivity index is 1.70. The number of allylic oxidation sites excluding steroid dienone is 1. The molecule has 1 unspecified atom stereocenters. The molecular weight excluding hydrogens is 654 g/mol. The molecule has 0 aliphatic carbocycles. The van der Waals surface area contributed by atoms with E-state index in [0.717, 1.165) is 0 Å². The van der Waals surface area contributed by atoms with Crippen molar-refractivity contribution in [1.29, 1.82) is 0 Å². The summed E-state index contributed by atoms with van der Waals surface area (Å²) in [5.41, 5.74) is -0.916. The Morgan fingerprint density at radius 1 is 1.27 bits per heavy atom. The van der Waals surface area contributed by atoms with E-state index in [-0.39, 0.29) is 42.8 Å². The molecule has 0 aromatic heterocycles. The van der Waals surface area contributed by atoms with Gasteiger partial charge in [0.1, 0.15) is 17.7 Å². The smallest absolute Gasteiger partial charge is 0.312 e. The van der Waals surface area contributed by atoms with Gasteiger partial charge in [0.05, 0.1) is 47.8 Å². The quantitative estimate of drug-likeness (QED) is 0.173. The van der Waals surface area contributed by atoms with Gasteiger partial charge in [0, 0.05) is 17.8 Å². The molecule has 3 aliphatic rings. The first-order chi connectivity index (χ1) is 20.9. The summed E-state index contributed by atoms with van der Waals surface area (Å²) in [6, 6.07) is 5.03. The molecule has 3 amide bonds. The molecule has 10 nitrogen and oxygen atoms in total. The molecule has 3 heterocycles. The lowest BCUT2D eigenvalue weighted by molar-refractivity contribution is -0.159. The number of halogens is 2. The molecular formula is C32H41BrClN3O7. The third kappa shape index (κ3) is 6.21. The number of amides is 3. The Bertz CT molecular complexity index is 1290. The number of fused-ring (bicyclic) bond motifs is 1. The summed E-state index contributed by atoms with van der Waals surface area (Å²) in [5.74, 6) is -3.94. The number of hydrogen-bond acceptors (Lipinski definition) is 7. The van der Waals surface area contributed by atoms with Crippen LogP contribution in [0.25, 0.3) is 0 Å². The Morgan fingerprint density at radius 3 is 2.59 bits per heavy atom. The van der Waals surface area contributed by atoms with Crippen molar-refractivity contribution < 1.29 is 33.8 Å². The zero-order valence-corrected chi connectivity index (χ0v) is 27.6. The summed E-state index contributed by atoms with van der Waals surface area (Å²) in [6.45, 7) is 12.6. The van der Waals surface area contributed by atoms with Crippen LogP contribution in [0.2, 0.25) is 5.02 Å². The molecule has 3 saturated heterocycles. The zero-order chi connectivity index (χ0) is 32.3. The van der Waals surface area contributed by atoms with E-state index in [1.54, 1.807) is 43.3 Å². The van der Waals surface area contributed by atoms with E-state index in [1.807, 2.05) is 13.8 Å². The number of nitrogens with zero attached hydrogens (tertiary/aromatic N) is 2. The van der Waals surface area contributed by atoms with Crippen LogP contribution in [-0.2, 0) is 28.7 Å². The van der Waals surface area contributed by atoms with E-state index >= 15 is 0 Å². The van der Waals surface area contributed by atoms with Crippen LogP contribution < -0.4 is 10.2 Å². The molecule has 240 valence electrons. The van der Waals surface area contributed by atoms with Crippen LogP contribution in [0.5, 0.6) is 0 Å². The van der Waals surface area contributed by atoms with Crippen molar-refractivity contribution in [3.63, 3.8) is 0 Å². The van der Waals surface area contributed by atoms with Crippen molar-refractivity contribution >= 4 is 56.9 Å². The highest BCUT2D eigenvalue weighted by atomic mass is 79.9. The number of hydrogen-bond donors (Lipinski definition) is 2. The number of carbonyl (C=O) groups excluding carboxylic acids is 4. The van der Waals surface area contributed by atoms with Crippen LogP contribution in [0, 0.1) is 17.8 Å². The number of rotatable bonds is 14. The third-order valence-electron chi connectivity index (χ3n) is 8.75. The first kappa shape index (κ1) is 34.1. The zero-order valence-electron chi connectivity index (χ0n) is 25.3. The number of aliphatic hydroxyl groups excluding tert-OH is 1. The molecule has 0 radical (unpaired) electrons. The van der Waals surface area contributed by atoms with Crippen LogP contribution in [0.4, 0.5) is 5.69 Å². The van der Waals surface area contributed by atoms with Gasteiger partial charge < -0.3 is 29.7 Å². The number of benzene rings is 1. The maximum atomic E-state index is 14.7. The lowest BCUT2D eigenvalue weighted by Gasteiger charge is -2.40. The van der Waals surface area contributed by atoms with Crippen molar-refractivity contribution in [1.82, 2.24) is 10.2 Å². The number of ether oxygens (including phenoxy) is 2. The van der Waals surface area contributed by atoms with Crippen molar-refractivity contribution in [2.75, 3.05) is 24.6 Å². The number of aliphatic hydroxyl groups is 1. The average Bonchev–Trinajstić information content (AvgIpc) is 3.57. The summed E-state index contributed by atoms with van der Waals surface area (Å²) in [6.07, 6.45) is 2.92. The lowest BCUT2D eigenvalue weighted by Crippen LogP contribution is -2.60. The van der Waals surface area contributed by atoms with Crippen LogP contribution in [0.15, 0.2) is 49.6 Å². The monoisotopic (exact) mass is 693 g/mol. The fourth-order valence-electron chi connectivity index (χ4n) is 6.75. The number of para-hydroxylation sites is 1. The first-order valence-electron chi connectivity index (χ1n) is 14.9. The minimum atomic E-state index is -1.36. The van der Waals surface area contributed by atoms with Gasteiger partial charge in [-0.25, -0.2) is 0 Å². The second-order valence-corrected chi connectivity index (χ2v) is 13.6. The Kier molecular flexibility index (Phi) is 11.0. The average molecular weight is 695 g/mol. The van der Waals surface area contributed by atoms with Crippen molar-refractivity contribution in [2.24, 2.45) is 17.8 Å². The van der Waals surface area contributed by atoms with Gasteiger partial charge in [-0.05, 0) is 37.8 Å². The minimum Gasteiger partial charge on any atom is -0.460 e. The van der Waals surface area contributed by atoms with Crippen molar-refractivity contribution in [3.05, 3.63) is 54.6 Å². The van der Waals surface area contributed by atoms with Crippen LogP contribution in [-0.4, -0.2) is 88.1 Å². The number of anilines is 1. The van der Waals surface area contributed by atoms with Crippen LogP contribution in [0.3, 0.4) is 0 Å². The second-order valence-electron chi connectivity index (χ2n) is 12.0. The second kappa shape index (κ2) is 14.1. The molecule has 44 heavy (non-hydrogen) atoms. The van der Waals surface area contributed by atoms with Crippen LogP contribution >= 0.6 is 27.5 Å². The molecule has 0 saturated carbocycles. The maximum absolute atomic E-state index is 14.7. The Morgan fingerprint density at radius 2 is 1.98 bits per heavy atom. The highest BCUT2D eigenvalue weighted by Crippen LogP contribution is 2.61. The normalized spacial score (nSPS) is 28.4. The molecule has 2 bridgehead atoms. The van der Waals surface area contributed by atoms with Crippen LogP contribution in [0.1, 0.15) is 40.0 Å². The Labute approximate surface area is 271 Å². The molecule has 1 aromatic carbocycles. The highest BCUT2D eigenvalue weighted by Gasteiger charge is 2.77. The van der Waals surface area contributed by atoms with Crippen molar-refractivity contribution in [2.45, 2.75) is 74.8 Å². The van der Waals surface area contributed by atoms with Gasteiger partial charge in [0.2, 0.25) is 11.8 Å². The van der Waals surface area contributed by atoms with E-state index < -0.39 is 59.5 Å². The van der Waals surface area contributed by atoms with Gasteiger partial charge >= 0.3 is 5.97 Å². The largest absolute Gasteiger partial charge is 0.460 e. The van der Waals surface area contributed by atoms with Gasteiger partial charge in [-0.2, -0.15) is 0 Å². The topological polar surface area (TPSA) is 125 Å². The highest BCUT2D eigenvalue weighted by molar-refractivity contribution is 9.09. The number of likely N-dealkylation sites (tertiary alicyclic amines) is 1. The van der Waals surface area contributed by atoms with Crippen molar-refractivity contribution in [3.8, 4) is 0 Å². The summed E-state index contributed by atoms with van der Waals surface area (Å²) in [7, 11) is 0. The van der Waals surface area contributed by atoms with Gasteiger partial charge in [-0.1, -0.05) is 65.7 Å². The lowest BCUT2D eigenvalue weighted by atomic mass is 9.70. The standard InChI is InChI=1S/C32H41BrClN3O7/c1-6-8-13-24(39)35-16-19(5)43-31(42)25-26-29(40)37(23(17-38)18(3)4)28(32(26)15-20(33)27(25)44-32)30(41)36(14-7-2)22-12-10-9-11-21(22)34/h6-7,9-12,18-20,23,25-28,38H,1-2,8,13-17H2,3-5H3,(H,35,39)/t19-,20?,23-,25-,26+,27-,28-,32+/m0/s1. The number of carbonyl (C=O) groups is 4. The SMILES string of the molecule is C=CCCC(=O)NC[C@H](C)OC(=O)[C@@H]1[C@H]2O[C@@]3(CC2Br)[C@H](C(=O)N(CC=C)c2ccccc2Cl)N([C@@H](CO)C(C)C)C(=O)[C@@H]13. The minimum absolute atomic E-state index is 0.100. The summed E-state index contributed by atoms with van der Waals surface area (Å²) in [5, 5.41) is 13.6. The molecule has 3 aliphatic heterocycles. The molecule has 1 aromatic rings. The number of alkyl halides is 1. The van der Waals surface area contributed by atoms with E-state index in [2.05, 4.69) is 34.4 Å². The fraction of sp³-hybridized carbons (Fsp3) is 0.562. The molecule has 4 rings (SSSR count). The maximum Gasteiger partial charge on any atom is 0.312 e. The van der Waals surface area contributed by atoms with Gasteiger partial charge in [-0.15, -0.1) is 13.2 Å². The van der Waals surface area contributed by atoms with E-state index in [9.17, 15) is 24.3 Å². The summed E-state index contributed by atoms with van der Waals surface area (Å²) < 4.78 is 12.3. The molecule has 8 atom stereocenters. The van der Waals surface area contributed by atoms with E-state index in [0.29, 0.717) is 23.6 Å². The van der Waals surface area contributed by atoms with Gasteiger partial charge in [0.25, 0.3) is 5.91 Å². The van der Waals surface area contributed by atoms with E-state index in [1.165, 1.54) is 9.80 Å². The number of nitrogens with one attached hydrogen (secondary N) is 1. The fourth-order valence-corrected chi connectivity index (χ4v) is 7.93. The molecule has 1 spiro atoms. The van der Waals surface area contributed by atoms with Gasteiger partial charge in [-0.3, -0.25) is 19.2 Å². The molecule has 2 N–H and O–H groups in total. The molecule has 3 fully saturated rings. The third-order valence-corrected chi connectivity index (χ3v) is 9.91. The summed E-state index contributed by atoms with van der Waals surface area (Å²) >= 11 is 10.2.